The molecule has 0 bridgehead atoms. The summed E-state index contributed by atoms with van der Waals surface area (Å²) in [6.07, 6.45) is 7.57. The number of anilines is 3. The van der Waals surface area contributed by atoms with E-state index in [-0.39, 0.29) is 23.9 Å². The number of rotatable bonds is 6. The molecule has 2 aliphatic rings. The van der Waals surface area contributed by atoms with E-state index in [0.717, 1.165) is 45.3 Å². The van der Waals surface area contributed by atoms with Gasteiger partial charge in [-0.1, -0.05) is 34.8 Å². The van der Waals surface area contributed by atoms with E-state index in [1.165, 1.54) is 0 Å². The number of benzene rings is 1. The van der Waals surface area contributed by atoms with Crippen molar-refractivity contribution in [1.29, 1.82) is 0 Å². The molecule has 0 spiro atoms. The van der Waals surface area contributed by atoms with Crippen LogP contribution in [0, 0.1) is 5.92 Å². The molecule has 2 fully saturated rings. The Morgan fingerprint density at radius 1 is 1.03 bits per heavy atom. The van der Waals surface area contributed by atoms with E-state index in [2.05, 4.69) is 20.2 Å². The number of carbonyl (C=O) groups excluding carboxylic acids is 1. The molecule has 1 aliphatic carbocycles. The molecule has 1 saturated carbocycles. The SMILES string of the molecule is NC(=O)[C@H]1CC[C@H](n2c(Nc3c(Cl)cc(Cl)cc3Cl)nc3cnc(NC4CCCOCC4)nc32)CC1. The quantitative estimate of drug-likeness (QED) is 0.357. The van der Waals surface area contributed by atoms with Crippen LogP contribution in [0.2, 0.25) is 15.1 Å². The molecule has 1 unspecified atom stereocenters. The number of nitrogens with zero attached hydrogens (tertiary/aromatic N) is 4. The lowest BCUT2D eigenvalue weighted by atomic mass is 9.85. The van der Waals surface area contributed by atoms with Crippen LogP contribution in [0.25, 0.3) is 11.2 Å². The van der Waals surface area contributed by atoms with Gasteiger partial charge in [-0.25, -0.2) is 9.97 Å². The van der Waals surface area contributed by atoms with E-state index in [0.29, 0.717) is 56.7 Å². The predicted molar refractivity (Wildman–Crippen MR) is 142 cm³/mol. The number of imidazole rings is 1. The lowest BCUT2D eigenvalue weighted by Gasteiger charge is -2.29. The number of nitrogens with two attached hydrogens (primary N) is 1. The van der Waals surface area contributed by atoms with Gasteiger partial charge in [0.05, 0.1) is 21.9 Å². The van der Waals surface area contributed by atoms with Gasteiger partial charge in [0.2, 0.25) is 17.8 Å². The summed E-state index contributed by atoms with van der Waals surface area (Å²) >= 11 is 19.0. The van der Waals surface area contributed by atoms with Gasteiger partial charge in [0.15, 0.2) is 5.65 Å². The number of nitrogens with one attached hydrogen (secondary N) is 2. The molecule has 5 rings (SSSR count). The molecule has 192 valence electrons. The molecule has 1 aliphatic heterocycles. The third-order valence-electron chi connectivity index (χ3n) is 6.93. The maximum atomic E-state index is 11.7. The number of fused-ring (bicyclic) bond motifs is 1. The van der Waals surface area contributed by atoms with E-state index in [4.69, 9.17) is 55.2 Å². The first-order valence-corrected chi connectivity index (χ1v) is 13.3. The van der Waals surface area contributed by atoms with Crippen LogP contribution in [-0.2, 0) is 9.53 Å². The smallest absolute Gasteiger partial charge is 0.224 e. The highest BCUT2D eigenvalue weighted by atomic mass is 35.5. The number of hydrogen-bond donors (Lipinski definition) is 3. The average Bonchev–Trinajstić information content (AvgIpc) is 2.99. The van der Waals surface area contributed by atoms with E-state index < -0.39 is 0 Å². The summed E-state index contributed by atoms with van der Waals surface area (Å²) in [6.45, 7) is 1.50. The summed E-state index contributed by atoms with van der Waals surface area (Å²) in [5.74, 6) is 0.739. The van der Waals surface area contributed by atoms with E-state index >= 15 is 0 Å². The Kier molecular flexibility index (Phi) is 7.71. The molecule has 2 aromatic heterocycles. The molecule has 1 amide bonds. The molecule has 1 atom stereocenters. The Morgan fingerprint density at radius 2 is 1.78 bits per heavy atom. The Balaban J connectivity index is 1.51. The molecular formula is C24H28Cl3N7O2. The number of primary amides is 1. The molecule has 3 aromatic rings. The Morgan fingerprint density at radius 3 is 2.50 bits per heavy atom. The Bertz CT molecular complexity index is 1230. The highest BCUT2D eigenvalue weighted by Gasteiger charge is 2.29. The van der Waals surface area contributed by atoms with Crippen molar-refractivity contribution in [3.05, 3.63) is 33.4 Å². The molecule has 9 nitrogen and oxygen atoms in total. The monoisotopic (exact) mass is 551 g/mol. The normalized spacial score (nSPS) is 22.8. The average molecular weight is 553 g/mol. The van der Waals surface area contributed by atoms with Gasteiger partial charge in [-0.05, 0) is 57.1 Å². The van der Waals surface area contributed by atoms with Crippen molar-refractivity contribution in [2.24, 2.45) is 11.7 Å². The number of ether oxygens (including phenoxy) is 1. The van der Waals surface area contributed by atoms with Crippen LogP contribution in [0.3, 0.4) is 0 Å². The van der Waals surface area contributed by atoms with Crippen LogP contribution >= 0.6 is 34.8 Å². The van der Waals surface area contributed by atoms with Gasteiger partial charge in [0, 0.05) is 36.2 Å². The van der Waals surface area contributed by atoms with Gasteiger partial charge < -0.3 is 21.1 Å². The standard InChI is InChI=1S/C24H28Cl3N7O2/c25-14-10-17(26)20(18(27)11-14)32-24-31-19-12-29-23(30-15-2-1-8-36-9-7-15)33-22(19)34(24)16-5-3-13(4-6-16)21(28)35/h10-13,15-16H,1-9H2,(H2,28,35)(H,31,32)(H,29,30,33)/t13-,15?,16-. The van der Waals surface area contributed by atoms with Crippen molar-refractivity contribution in [3.63, 3.8) is 0 Å². The summed E-state index contributed by atoms with van der Waals surface area (Å²) in [7, 11) is 0. The first-order chi connectivity index (χ1) is 17.4. The summed E-state index contributed by atoms with van der Waals surface area (Å²) in [5, 5.41) is 7.97. The van der Waals surface area contributed by atoms with Gasteiger partial charge in [-0.15, -0.1) is 0 Å². The van der Waals surface area contributed by atoms with Gasteiger partial charge >= 0.3 is 0 Å². The zero-order valence-corrected chi connectivity index (χ0v) is 21.9. The lowest BCUT2D eigenvalue weighted by Crippen LogP contribution is -2.29. The number of hydrogen-bond acceptors (Lipinski definition) is 7. The van der Waals surface area contributed by atoms with Crippen molar-refractivity contribution in [3.8, 4) is 0 Å². The van der Waals surface area contributed by atoms with Crippen molar-refractivity contribution >= 4 is 69.5 Å². The second kappa shape index (κ2) is 11.0. The number of amides is 1. The highest BCUT2D eigenvalue weighted by molar-refractivity contribution is 6.41. The molecule has 12 heteroatoms. The summed E-state index contributed by atoms with van der Waals surface area (Å²) in [5.41, 5.74) is 7.42. The van der Waals surface area contributed by atoms with Crippen LogP contribution in [-0.4, -0.2) is 44.7 Å². The zero-order chi connectivity index (χ0) is 25.2. The molecule has 1 aromatic carbocycles. The number of halogens is 3. The number of aromatic nitrogens is 4. The van der Waals surface area contributed by atoms with Gasteiger partial charge in [0.1, 0.15) is 5.52 Å². The van der Waals surface area contributed by atoms with Crippen molar-refractivity contribution in [2.75, 3.05) is 23.8 Å². The molecule has 0 radical (unpaired) electrons. The molecule has 1 saturated heterocycles. The second-order valence-electron chi connectivity index (χ2n) is 9.37. The summed E-state index contributed by atoms with van der Waals surface area (Å²) < 4.78 is 7.64. The van der Waals surface area contributed by atoms with Crippen molar-refractivity contribution in [1.82, 2.24) is 19.5 Å². The second-order valence-corrected chi connectivity index (χ2v) is 10.6. The first kappa shape index (κ1) is 25.3. The maximum Gasteiger partial charge on any atom is 0.224 e. The minimum Gasteiger partial charge on any atom is -0.381 e. The van der Waals surface area contributed by atoms with E-state index in [1.54, 1.807) is 18.3 Å². The maximum absolute atomic E-state index is 11.7. The van der Waals surface area contributed by atoms with Crippen LogP contribution < -0.4 is 16.4 Å². The summed E-state index contributed by atoms with van der Waals surface area (Å²) in [6, 6.07) is 3.56. The fourth-order valence-electron chi connectivity index (χ4n) is 5.02. The van der Waals surface area contributed by atoms with Crippen molar-refractivity contribution in [2.45, 2.75) is 57.0 Å². The minimum atomic E-state index is -0.247. The molecular weight excluding hydrogens is 525 g/mol. The molecule has 36 heavy (non-hydrogen) atoms. The Labute approximate surface area is 224 Å². The van der Waals surface area contributed by atoms with Crippen LogP contribution in [0.5, 0.6) is 0 Å². The molecule has 3 heterocycles. The molecule has 4 N–H and O–H groups in total. The van der Waals surface area contributed by atoms with E-state index in [9.17, 15) is 4.79 Å². The predicted octanol–water partition coefficient (Wildman–Crippen LogP) is 5.73. The number of carbonyl (C=O) groups is 1. The first-order valence-electron chi connectivity index (χ1n) is 12.2. The zero-order valence-electron chi connectivity index (χ0n) is 19.6. The fourth-order valence-corrected chi connectivity index (χ4v) is 5.93. The van der Waals surface area contributed by atoms with Gasteiger partial charge in [-0.2, -0.15) is 4.98 Å². The van der Waals surface area contributed by atoms with Crippen LogP contribution in [0.4, 0.5) is 17.6 Å². The lowest BCUT2D eigenvalue weighted by molar-refractivity contribution is -0.122. The largest absolute Gasteiger partial charge is 0.381 e. The third-order valence-corrected chi connectivity index (χ3v) is 7.74. The summed E-state index contributed by atoms with van der Waals surface area (Å²) in [4.78, 5) is 25.9. The fraction of sp³-hybridized carbons (Fsp3) is 0.500. The highest BCUT2D eigenvalue weighted by Crippen LogP contribution is 2.40. The third kappa shape index (κ3) is 5.49. The van der Waals surface area contributed by atoms with Crippen LogP contribution in [0.15, 0.2) is 18.3 Å². The van der Waals surface area contributed by atoms with E-state index in [1.807, 2.05) is 0 Å². The van der Waals surface area contributed by atoms with Crippen molar-refractivity contribution < 1.29 is 9.53 Å². The Hall–Kier alpha value is -2.33. The van der Waals surface area contributed by atoms with Crippen LogP contribution in [0.1, 0.15) is 51.0 Å². The van der Waals surface area contributed by atoms with Gasteiger partial charge in [-0.3, -0.25) is 9.36 Å². The van der Waals surface area contributed by atoms with Gasteiger partial charge in [0.25, 0.3) is 0 Å². The minimum absolute atomic E-state index is 0.0620. The topological polar surface area (TPSA) is 120 Å².